The molecule has 12 heteroatoms. The first kappa shape index (κ1) is 36.6. The first-order chi connectivity index (χ1) is 26.8. The molecule has 7 rings (SSSR count). The van der Waals surface area contributed by atoms with Crippen LogP contribution in [-0.4, -0.2) is 54.1 Å². The standard InChI is InChI=1S/C43H34N4O7S/c1-27-35(43(51)54-37(31-23-13-5-14-24-31)32-25-15-6-16-26-32)47-40(49)34(41(47)55(52)39(27)46-44)45-38(48)33(28-17-7-2-8-18-28)42(50)53-36(29-19-9-3-10-20-29)30-21-11-4-12-22-30/h2-26,33-34,36-37,41H,1H3,(H,45,48)/t33?,34?,41-,55?/m1/s1. The summed E-state index contributed by atoms with van der Waals surface area (Å²) >= 11 is 0. The molecular weight excluding hydrogens is 717 g/mol. The Morgan fingerprint density at radius 1 is 0.673 bits per heavy atom. The molecule has 4 atom stereocenters. The number of rotatable bonds is 11. The first-order valence-electron chi connectivity index (χ1n) is 17.4. The molecule has 3 unspecified atom stereocenters. The van der Waals surface area contributed by atoms with Gasteiger partial charge in [-0.05, 0) is 34.7 Å². The van der Waals surface area contributed by atoms with Crippen molar-refractivity contribution in [1.29, 1.82) is 0 Å². The minimum atomic E-state index is -2.20. The largest absolute Gasteiger partial charge is 0.452 e. The number of β-lactam (4-membered cyclic amide) rings is 1. The maximum atomic E-state index is 14.2. The maximum absolute atomic E-state index is 14.2. The van der Waals surface area contributed by atoms with Gasteiger partial charge in [-0.3, -0.25) is 19.3 Å². The molecule has 55 heavy (non-hydrogen) atoms. The second-order valence-electron chi connectivity index (χ2n) is 12.8. The summed E-state index contributed by atoms with van der Waals surface area (Å²) in [6, 6.07) is 42.9. The number of nitrogens with zero attached hydrogens (tertiary/aromatic N) is 3. The molecule has 1 N–H and O–H groups in total. The summed E-state index contributed by atoms with van der Waals surface area (Å²) in [5, 5.41) is 0.894. The second kappa shape index (κ2) is 16.1. The third-order valence-corrected chi connectivity index (χ3v) is 11.1. The van der Waals surface area contributed by atoms with Crippen molar-refractivity contribution in [3.05, 3.63) is 196 Å². The molecule has 2 amide bonds. The van der Waals surface area contributed by atoms with Crippen LogP contribution in [0.3, 0.4) is 0 Å². The van der Waals surface area contributed by atoms with Crippen molar-refractivity contribution in [2.24, 2.45) is 0 Å². The Hall–Kier alpha value is -6.75. The van der Waals surface area contributed by atoms with Crippen LogP contribution < -0.4 is 5.32 Å². The lowest BCUT2D eigenvalue weighted by molar-refractivity contribution is -0.156. The van der Waals surface area contributed by atoms with E-state index in [1.54, 1.807) is 78.9 Å². The Bertz CT molecular complexity index is 2260. The van der Waals surface area contributed by atoms with E-state index in [1.165, 1.54) is 6.92 Å². The summed E-state index contributed by atoms with van der Waals surface area (Å²) < 4.78 is 25.9. The molecule has 0 saturated carbocycles. The average Bonchev–Trinajstić information content (AvgIpc) is 3.23. The van der Waals surface area contributed by atoms with Crippen molar-refractivity contribution in [3.63, 3.8) is 0 Å². The highest BCUT2D eigenvalue weighted by Crippen LogP contribution is 2.38. The number of fused-ring (bicyclic) bond motifs is 1. The van der Waals surface area contributed by atoms with Gasteiger partial charge in [0.05, 0.1) is 5.57 Å². The lowest BCUT2D eigenvalue weighted by Gasteiger charge is -2.47. The summed E-state index contributed by atoms with van der Waals surface area (Å²) in [6.07, 6.45) is -1.74. The van der Waals surface area contributed by atoms with E-state index in [9.17, 15) is 28.9 Å². The molecule has 1 fully saturated rings. The van der Waals surface area contributed by atoms with Crippen LogP contribution in [-0.2, 0) is 39.5 Å². The summed E-state index contributed by atoms with van der Waals surface area (Å²) in [4.78, 5) is 60.5. The van der Waals surface area contributed by atoms with E-state index in [0.717, 1.165) is 4.90 Å². The number of hydrogen-bond donors (Lipinski definition) is 1. The lowest BCUT2D eigenvalue weighted by atomic mass is 9.95. The van der Waals surface area contributed by atoms with Crippen LogP contribution in [0.15, 0.2) is 163 Å². The summed E-state index contributed by atoms with van der Waals surface area (Å²) in [6.45, 7) is 1.40. The van der Waals surface area contributed by atoms with Gasteiger partial charge in [0.15, 0.2) is 34.3 Å². The predicted molar refractivity (Wildman–Crippen MR) is 203 cm³/mol. The van der Waals surface area contributed by atoms with Crippen LogP contribution in [0.5, 0.6) is 0 Å². The van der Waals surface area contributed by atoms with Gasteiger partial charge in [-0.25, -0.2) is 9.00 Å². The Morgan fingerprint density at radius 3 is 1.49 bits per heavy atom. The zero-order valence-corrected chi connectivity index (χ0v) is 30.2. The Balaban J connectivity index is 1.17. The molecule has 2 aliphatic rings. The number of ether oxygens (including phenoxy) is 2. The van der Waals surface area contributed by atoms with Crippen molar-refractivity contribution < 1.29 is 37.7 Å². The molecule has 11 nitrogen and oxygen atoms in total. The summed E-state index contributed by atoms with van der Waals surface area (Å²) in [5.41, 5.74) is 12.6. The molecule has 5 aromatic carbocycles. The summed E-state index contributed by atoms with van der Waals surface area (Å²) in [5.74, 6) is -5.02. The van der Waals surface area contributed by atoms with Gasteiger partial charge in [-0.15, -0.1) is 0 Å². The highest BCUT2D eigenvalue weighted by molar-refractivity contribution is 8.01. The molecule has 1 saturated heterocycles. The molecule has 0 radical (unpaired) electrons. The Kier molecular flexibility index (Phi) is 10.7. The third-order valence-electron chi connectivity index (χ3n) is 9.45. The van der Waals surface area contributed by atoms with Gasteiger partial charge < -0.3 is 20.3 Å². The van der Waals surface area contributed by atoms with E-state index in [-0.39, 0.29) is 16.3 Å². The fraction of sp³-hybridized carbons (Fsp3) is 0.140. The number of amides is 2. The van der Waals surface area contributed by atoms with Crippen molar-refractivity contribution >= 4 is 39.6 Å². The van der Waals surface area contributed by atoms with Crippen LogP contribution in [0.2, 0.25) is 0 Å². The normalized spacial score (nSPS) is 18.2. The van der Waals surface area contributed by atoms with E-state index >= 15 is 0 Å². The van der Waals surface area contributed by atoms with Crippen LogP contribution in [0.4, 0.5) is 0 Å². The fourth-order valence-electron chi connectivity index (χ4n) is 6.76. The predicted octanol–water partition coefficient (Wildman–Crippen LogP) is 5.75. The zero-order chi connectivity index (χ0) is 38.5. The van der Waals surface area contributed by atoms with Gasteiger partial charge in [0.1, 0.15) is 11.7 Å². The van der Waals surface area contributed by atoms with E-state index in [1.807, 2.05) is 72.8 Å². The van der Waals surface area contributed by atoms with Crippen molar-refractivity contribution in [2.45, 2.75) is 36.5 Å². The Morgan fingerprint density at radius 2 is 1.07 bits per heavy atom. The fourth-order valence-corrected chi connectivity index (χ4v) is 8.30. The van der Waals surface area contributed by atoms with Gasteiger partial charge in [0, 0.05) is 0 Å². The number of hydrogen-bond acceptors (Lipinski definition) is 7. The SMILES string of the molecule is CC1=C(C(=O)OC(c2ccccc2)c2ccccc2)N2C(=O)C(NC(=O)C(C(=O)OC(c3ccccc3)c3ccccc3)c3ccccc3)[C@H]2S(=O)C1=[N+]=[N-]. The van der Waals surface area contributed by atoms with Gasteiger partial charge >= 0.3 is 17.0 Å². The molecule has 0 spiro atoms. The van der Waals surface area contributed by atoms with Crippen LogP contribution in [0.25, 0.3) is 5.53 Å². The molecule has 2 heterocycles. The van der Waals surface area contributed by atoms with Gasteiger partial charge in [0.2, 0.25) is 5.91 Å². The van der Waals surface area contributed by atoms with E-state index in [0.29, 0.717) is 27.8 Å². The third kappa shape index (κ3) is 7.28. The number of nitrogens with one attached hydrogen (secondary N) is 1. The highest BCUT2D eigenvalue weighted by atomic mass is 32.2. The van der Waals surface area contributed by atoms with Gasteiger partial charge in [-0.2, -0.15) is 4.79 Å². The average molecular weight is 751 g/mol. The minimum absolute atomic E-state index is 0.0290. The highest BCUT2D eigenvalue weighted by Gasteiger charge is 2.61. The van der Waals surface area contributed by atoms with Crippen LogP contribution >= 0.6 is 0 Å². The lowest BCUT2D eigenvalue weighted by Crippen LogP contribution is -2.74. The van der Waals surface area contributed by atoms with Crippen molar-refractivity contribution in [2.75, 3.05) is 0 Å². The van der Waals surface area contributed by atoms with E-state index < -0.39 is 64.1 Å². The molecule has 2 aliphatic heterocycles. The van der Waals surface area contributed by atoms with Crippen LogP contribution in [0, 0.1) is 0 Å². The monoisotopic (exact) mass is 750 g/mol. The summed E-state index contributed by atoms with van der Waals surface area (Å²) in [7, 11) is -2.20. The quantitative estimate of drug-likeness (QED) is 0.0593. The first-order valence-corrected chi connectivity index (χ1v) is 18.6. The smallest absolute Gasteiger partial charge is 0.386 e. The van der Waals surface area contributed by atoms with E-state index in [2.05, 4.69) is 10.1 Å². The van der Waals surface area contributed by atoms with Gasteiger partial charge in [-0.1, -0.05) is 152 Å². The number of carbonyl (C=O) groups is 4. The number of benzene rings is 5. The second-order valence-corrected chi connectivity index (χ2v) is 14.3. The number of carbonyl (C=O) groups excluding carboxylic acids is 4. The zero-order valence-electron chi connectivity index (χ0n) is 29.4. The van der Waals surface area contributed by atoms with Crippen molar-refractivity contribution in [1.82, 2.24) is 10.2 Å². The topological polar surface area (TPSA) is 155 Å². The molecule has 5 aromatic rings. The minimum Gasteiger partial charge on any atom is -0.452 e. The van der Waals surface area contributed by atoms with Gasteiger partial charge in [0.25, 0.3) is 5.91 Å². The van der Waals surface area contributed by atoms with E-state index in [4.69, 9.17) is 9.47 Å². The molecule has 0 aromatic heterocycles. The van der Waals surface area contributed by atoms with Crippen LogP contribution in [0.1, 0.15) is 52.9 Å². The molecule has 0 bridgehead atoms. The van der Waals surface area contributed by atoms with Crippen molar-refractivity contribution in [3.8, 4) is 0 Å². The molecular formula is C43H34N4O7S. The molecule has 274 valence electrons. The number of esters is 2. The maximum Gasteiger partial charge on any atom is 0.386 e. The Labute approximate surface area is 319 Å². The molecule has 0 aliphatic carbocycles.